The Kier molecular flexibility index (Phi) is 4.23. The zero-order valence-electron chi connectivity index (χ0n) is 14.5. The van der Waals surface area contributed by atoms with E-state index in [-0.39, 0.29) is 30.1 Å². The van der Waals surface area contributed by atoms with Gasteiger partial charge in [-0.1, -0.05) is 12.1 Å². The maximum Gasteiger partial charge on any atom is 0.325 e. The quantitative estimate of drug-likeness (QED) is 0.778. The second kappa shape index (κ2) is 6.56. The molecule has 4 heterocycles. The number of piperidine rings is 1. The number of carbonyl (C=O) groups is 2. The summed E-state index contributed by atoms with van der Waals surface area (Å²) in [6, 6.07) is 3.02. The van der Waals surface area contributed by atoms with Crippen LogP contribution in [0.25, 0.3) is 11.6 Å². The fraction of sp³-hybridized carbons (Fsp3) is 0.529. The number of hydrogen-bond acceptors (Lipinski definition) is 7. The van der Waals surface area contributed by atoms with Crippen LogP contribution in [0, 0.1) is 5.92 Å². The fourth-order valence-electron chi connectivity index (χ4n) is 3.87. The molecule has 2 fully saturated rings. The first-order valence-corrected chi connectivity index (χ1v) is 8.85. The highest BCUT2D eigenvalue weighted by molar-refractivity contribution is 6.07. The summed E-state index contributed by atoms with van der Waals surface area (Å²) in [4.78, 5) is 31.0. The number of aromatic nitrogens is 2. The number of nitrogens with zero attached hydrogens (tertiary/aromatic N) is 3. The second-order valence-corrected chi connectivity index (χ2v) is 6.66. The molecule has 0 spiro atoms. The van der Waals surface area contributed by atoms with Crippen LogP contribution in [0.4, 0.5) is 4.79 Å². The summed E-state index contributed by atoms with van der Waals surface area (Å²) in [5, 5.41) is 10.1. The van der Waals surface area contributed by atoms with E-state index < -0.39 is 11.6 Å². The van der Waals surface area contributed by atoms with Crippen LogP contribution in [0.15, 0.2) is 27.3 Å². The molecule has 3 amide bonds. The van der Waals surface area contributed by atoms with Gasteiger partial charge >= 0.3 is 6.03 Å². The Morgan fingerprint density at radius 2 is 2.15 bits per heavy atom. The van der Waals surface area contributed by atoms with Gasteiger partial charge in [0.25, 0.3) is 5.91 Å². The van der Waals surface area contributed by atoms with Crippen LogP contribution < -0.4 is 10.6 Å². The summed E-state index contributed by atoms with van der Waals surface area (Å²) < 4.78 is 10.4. The first kappa shape index (κ1) is 16.8. The maximum atomic E-state index is 13.1. The van der Waals surface area contributed by atoms with Gasteiger partial charge in [-0.25, -0.2) is 4.79 Å². The Morgan fingerprint density at radius 1 is 1.35 bits per heavy atom. The molecule has 4 rings (SSSR count). The van der Waals surface area contributed by atoms with Gasteiger partial charge < -0.3 is 19.6 Å². The molecule has 1 atom stereocenters. The molecule has 2 aliphatic rings. The zero-order valence-corrected chi connectivity index (χ0v) is 14.5. The third-order valence-corrected chi connectivity index (χ3v) is 5.30. The molecule has 0 aromatic carbocycles. The lowest BCUT2D eigenvalue weighted by molar-refractivity contribution is -0.134. The summed E-state index contributed by atoms with van der Waals surface area (Å²) in [5.41, 5.74) is -0.844. The SMILES string of the molecule is CCC1(C2CCNCC2)NC(=O)N(Cc2nc(-c3ccco3)no2)C1=O. The zero-order chi connectivity index (χ0) is 18.1. The maximum absolute atomic E-state index is 13.1. The molecule has 138 valence electrons. The number of furan rings is 1. The summed E-state index contributed by atoms with van der Waals surface area (Å²) in [6.07, 6.45) is 3.78. The van der Waals surface area contributed by atoms with E-state index in [4.69, 9.17) is 8.94 Å². The van der Waals surface area contributed by atoms with Crippen molar-refractivity contribution in [2.24, 2.45) is 5.92 Å². The number of nitrogens with one attached hydrogen (secondary N) is 2. The minimum atomic E-state index is -0.844. The van der Waals surface area contributed by atoms with Crippen molar-refractivity contribution in [1.29, 1.82) is 0 Å². The molecule has 9 heteroatoms. The number of hydrogen-bond donors (Lipinski definition) is 2. The van der Waals surface area contributed by atoms with Crippen molar-refractivity contribution in [3.8, 4) is 11.6 Å². The summed E-state index contributed by atoms with van der Waals surface area (Å²) in [6.45, 7) is 3.59. The van der Waals surface area contributed by atoms with Gasteiger partial charge in [0.1, 0.15) is 12.1 Å². The van der Waals surface area contributed by atoms with E-state index >= 15 is 0 Å². The van der Waals surface area contributed by atoms with Crippen molar-refractivity contribution < 1.29 is 18.5 Å². The molecule has 1 unspecified atom stereocenters. The minimum Gasteiger partial charge on any atom is -0.461 e. The third kappa shape index (κ3) is 2.68. The van der Waals surface area contributed by atoms with Gasteiger partial charge in [0, 0.05) is 0 Å². The Balaban J connectivity index is 1.54. The minimum absolute atomic E-state index is 0.0505. The van der Waals surface area contributed by atoms with Crippen LogP contribution >= 0.6 is 0 Å². The molecule has 0 bridgehead atoms. The van der Waals surface area contributed by atoms with Crippen LogP contribution in [0.1, 0.15) is 32.1 Å². The Labute approximate surface area is 150 Å². The lowest BCUT2D eigenvalue weighted by Crippen LogP contribution is -2.55. The van der Waals surface area contributed by atoms with Crippen molar-refractivity contribution >= 4 is 11.9 Å². The Morgan fingerprint density at radius 3 is 2.85 bits per heavy atom. The lowest BCUT2D eigenvalue weighted by atomic mass is 9.76. The van der Waals surface area contributed by atoms with Crippen molar-refractivity contribution in [1.82, 2.24) is 25.7 Å². The van der Waals surface area contributed by atoms with Crippen LogP contribution in [0.2, 0.25) is 0 Å². The van der Waals surface area contributed by atoms with E-state index in [9.17, 15) is 9.59 Å². The lowest BCUT2D eigenvalue weighted by Gasteiger charge is -2.37. The molecule has 0 saturated carbocycles. The van der Waals surface area contributed by atoms with Gasteiger partial charge in [-0.15, -0.1) is 0 Å². The van der Waals surface area contributed by atoms with Crippen LogP contribution in [0.3, 0.4) is 0 Å². The smallest absolute Gasteiger partial charge is 0.325 e. The van der Waals surface area contributed by atoms with Gasteiger partial charge in [0.2, 0.25) is 11.7 Å². The Hall–Kier alpha value is -2.68. The molecule has 2 aliphatic heterocycles. The molecule has 26 heavy (non-hydrogen) atoms. The van der Waals surface area contributed by atoms with E-state index in [0.29, 0.717) is 12.2 Å². The molecule has 2 aromatic heterocycles. The third-order valence-electron chi connectivity index (χ3n) is 5.30. The van der Waals surface area contributed by atoms with Gasteiger partial charge in [-0.05, 0) is 50.4 Å². The molecular weight excluding hydrogens is 338 g/mol. The van der Waals surface area contributed by atoms with E-state index in [2.05, 4.69) is 20.8 Å². The predicted octanol–water partition coefficient (Wildman–Crippen LogP) is 1.53. The van der Waals surface area contributed by atoms with Gasteiger partial charge in [0.15, 0.2) is 5.76 Å². The highest BCUT2D eigenvalue weighted by Crippen LogP contribution is 2.35. The first-order valence-electron chi connectivity index (χ1n) is 8.85. The highest BCUT2D eigenvalue weighted by Gasteiger charge is 2.54. The monoisotopic (exact) mass is 359 g/mol. The number of imide groups is 1. The van der Waals surface area contributed by atoms with Crippen LogP contribution in [-0.4, -0.2) is 45.6 Å². The average Bonchev–Trinajstić information content (AvgIpc) is 3.39. The van der Waals surface area contributed by atoms with Crippen LogP contribution in [0.5, 0.6) is 0 Å². The van der Waals surface area contributed by atoms with Gasteiger partial charge in [0.05, 0.1) is 6.26 Å². The highest BCUT2D eigenvalue weighted by atomic mass is 16.5. The van der Waals surface area contributed by atoms with Gasteiger partial charge in [-0.3, -0.25) is 9.69 Å². The molecule has 0 radical (unpaired) electrons. The summed E-state index contributed by atoms with van der Waals surface area (Å²) >= 11 is 0. The topological polar surface area (TPSA) is 114 Å². The van der Waals surface area contributed by atoms with Crippen molar-refractivity contribution in [3.63, 3.8) is 0 Å². The summed E-state index contributed by atoms with van der Waals surface area (Å²) in [7, 11) is 0. The first-order chi connectivity index (χ1) is 12.6. The van der Waals surface area contributed by atoms with E-state index in [1.165, 1.54) is 11.2 Å². The average molecular weight is 359 g/mol. The van der Waals surface area contributed by atoms with E-state index in [1.807, 2.05) is 6.92 Å². The standard InChI is InChI=1S/C17H21N5O4/c1-2-17(11-5-7-18-8-6-11)15(23)22(16(24)20-17)10-13-19-14(21-26-13)12-4-3-9-25-12/h3-4,9,11,18H,2,5-8,10H2,1H3,(H,20,24). The Bertz CT molecular complexity index is 796. The number of amides is 3. The van der Waals surface area contributed by atoms with Crippen LogP contribution in [-0.2, 0) is 11.3 Å². The molecular formula is C17H21N5O4. The number of carbonyl (C=O) groups excluding carboxylic acids is 2. The molecule has 9 nitrogen and oxygen atoms in total. The van der Waals surface area contributed by atoms with Crippen molar-refractivity contribution in [3.05, 3.63) is 24.3 Å². The molecule has 2 saturated heterocycles. The molecule has 0 aliphatic carbocycles. The van der Waals surface area contributed by atoms with Crippen molar-refractivity contribution in [2.45, 2.75) is 38.3 Å². The normalized spacial score (nSPS) is 24.3. The fourth-order valence-corrected chi connectivity index (χ4v) is 3.87. The van der Waals surface area contributed by atoms with E-state index in [1.54, 1.807) is 12.1 Å². The van der Waals surface area contributed by atoms with Gasteiger partial charge in [-0.2, -0.15) is 4.98 Å². The predicted molar refractivity (Wildman–Crippen MR) is 89.7 cm³/mol. The number of urea groups is 1. The summed E-state index contributed by atoms with van der Waals surface area (Å²) in [5.74, 6) is 0.857. The van der Waals surface area contributed by atoms with Crippen molar-refractivity contribution in [2.75, 3.05) is 13.1 Å². The molecule has 2 N–H and O–H groups in total. The van der Waals surface area contributed by atoms with E-state index in [0.717, 1.165) is 25.9 Å². The second-order valence-electron chi connectivity index (χ2n) is 6.66. The number of rotatable bonds is 5. The molecule has 2 aromatic rings. The largest absolute Gasteiger partial charge is 0.461 e.